The smallest absolute Gasteiger partial charge is 0.0445 e. The molecule has 2 heterocycles. The second-order valence-corrected chi connectivity index (χ2v) is 7.01. The predicted molar refractivity (Wildman–Crippen MR) is 91.0 cm³/mol. The molecule has 0 radical (unpaired) electrons. The molecule has 2 aliphatic rings. The van der Waals surface area contributed by atoms with Gasteiger partial charge in [0.25, 0.3) is 0 Å². The maximum atomic E-state index is 3.59. The van der Waals surface area contributed by atoms with Crippen LogP contribution >= 0.6 is 52.1 Å². The summed E-state index contributed by atoms with van der Waals surface area (Å²) in [6.07, 6.45) is 4.28. The lowest BCUT2D eigenvalue weighted by Crippen LogP contribution is -2.45. The summed E-state index contributed by atoms with van der Waals surface area (Å²) < 4.78 is 1.24. The van der Waals surface area contributed by atoms with Gasteiger partial charge in [-0.15, -0.1) is 36.2 Å². The summed E-state index contributed by atoms with van der Waals surface area (Å²) in [6, 6.07) is 2.99. The van der Waals surface area contributed by atoms with Gasteiger partial charge in [-0.25, -0.2) is 0 Å². The summed E-state index contributed by atoms with van der Waals surface area (Å²) in [5, 5.41) is 5.67. The molecule has 3 rings (SSSR count). The van der Waals surface area contributed by atoms with Crippen molar-refractivity contribution in [3.05, 3.63) is 20.8 Å². The first-order valence-electron chi connectivity index (χ1n) is 6.51. The molecular weight excluding hydrogens is 367 g/mol. The van der Waals surface area contributed by atoms with E-state index in [0.717, 1.165) is 19.0 Å². The molecule has 0 bridgehead atoms. The van der Waals surface area contributed by atoms with Crippen molar-refractivity contribution in [1.29, 1.82) is 0 Å². The zero-order chi connectivity index (χ0) is 11.7. The molecule has 19 heavy (non-hydrogen) atoms. The molecule has 6 heteroatoms. The van der Waals surface area contributed by atoms with E-state index in [4.69, 9.17) is 0 Å². The van der Waals surface area contributed by atoms with E-state index in [0.29, 0.717) is 6.04 Å². The summed E-state index contributed by atoms with van der Waals surface area (Å²) in [5.41, 5.74) is 0. The van der Waals surface area contributed by atoms with Gasteiger partial charge < -0.3 is 5.32 Å². The van der Waals surface area contributed by atoms with Crippen LogP contribution in [-0.4, -0.2) is 31.1 Å². The van der Waals surface area contributed by atoms with Gasteiger partial charge in [0.15, 0.2) is 0 Å². The first kappa shape index (κ1) is 17.7. The quantitative estimate of drug-likeness (QED) is 0.836. The molecule has 1 aromatic rings. The van der Waals surface area contributed by atoms with Gasteiger partial charge in [-0.2, -0.15) is 0 Å². The van der Waals surface area contributed by atoms with Crippen LogP contribution < -0.4 is 5.32 Å². The van der Waals surface area contributed by atoms with Gasteiger partial charge in [0, 0.05) is 47.0 Å². The molecular formula is C13H21BrCl2N2S. The second kappa shape index (κ2) is 8.20. The van der Waals surface area contributed by atoms with Gasteiger partial charge in [-0.1, -0.05) is 12.8 Å². The van der Waals surface area contributed by atoms with Crippen molar-refractivity contribution < 1.29 is 0 Å². The largest absolute Gasteiger partial charge is 0.314 e. The van der Waals surface area contributed by atoms with Crippen LogP contribution in [0.2, 0.25) is 0 Å². The molecule has 2 nitrogen and oxygen atoms in total. The van der Waals surface area contributed by atoms with E-state index in [1.807, 2.05) is 11.3 Å². The van der Waals surface area contributed by atoms with Crippen LogP contribution in [0, 0.1) is 5.92 Å². The zero-order valence-corrected chi connectivity index (χ0v) is 14.8. The third-order valence-electron chi connectivity index (χ3n) is 3.76. The van der Waals surface area contributed by atoms with E-state index in [2.05, 4.69) is 37.6 Å². The van der Waals surface area contributed by atoms with Crippen LogP contribution in [0.1, 0.15) is 30.2 Å². The van der Waals surface area contributed by atoms with E-state index in [1.54, 1.807) is 4.88 Å². The number of thiophene rings is 1. The van der Waals surface area contributed by atoms with Crippen molar-refractivity contribution in [3.8, 4) is 0 Å². The Morgan fingerprint density at radius 2 is 2.00 bits per heavy atom. The second-order valence-electron chi connectivity index (χ2n) is 5.15. The van der Waals surface area contributed by atoms with Crippen LogP contribution in [0.5, 0.6) is 0 Å². The predicted octanol–water partition coefficient (Wildman–Crippen LogP) is 4.10. The van der Waals surface area contributed by atoms with Gasteiger partial charge in [0.1, 0.15) is 0 Å². The van der Waals surface area contributed by atoms with Gasteiger partial charge in [0.2, 0.25) is 0 Å². The Kier molecular flexibility index (Phi) is 7.65. The number of rotatable bonds is 4. The van der Waals surface area contributed by atoms with Crippen LogP contribution in [0.3, 0.4) is 0 Å². The van der Waals surface area contributed by atoms with Crippen molar-refractivity contribution in [2.75, 3.05) is 26.2 Å². The average Bonchev–Trinajstić information content (AvgIpc) is 3.08. The third-order valence-corrected chi connectivity index (χ3v) is 5.56. The molecule has 0 aromatic carbocycles. The van der Waals surface area contributed by atoms with E-state index in [-0.39, 0.29) is 24.8 Å². The Bertz CT molecular complexity index is 378. The number of nitrogens with zero attached hydrogens (tertiary/aromatic N) is 1. The lowest BCUT2D eigenvalue weighted by molar-refractivity contribution is 0.163. The molecule has 1 saturated heterocycles. The fourth-order valence-corrected chi connectivity index (χ4v) is 4.20. The summed E-state index contributed by atoms with van der Waals surface area (Å²) >= 11 is 5.50. The monoisotopic (exact) mass is 386 g/mol. The fourth-order valence-electron chi connectivity index (χ4n) is 2.61. The highest BCUT2D eigenvalue weighted by Gasteiger charge is 2.31. The molecule has 110 valence electrons. The Labute approximate surface area is 140 Å². The lowest BCUT2D eigenvalue weighted by Gasteiger charge is -2.34. The van der Waals surface area contributed by atoms with Crippen molar-refractivity contribution >= 4 is 52.1 Å². The van der Waals surface area contributed by atoms with Crippen molar-refractivity contribution in [1.82, 2.24) is 10.2 Å². The van der Waals surface area contributed by atoms with Crippen LogP contribution in [0.4, 0.5) is 0 Å². The molecule has 0 amide bonds. The summed E-state index contributed by atoms with van der Waals surface area (Å²) in [5.74, 6) is 0.996. The molecule has 0 spiro atoms. The van der Waals surface area contributed by atoms with Crippen molar-refractivity contribution in [3.63, 3.8) is 0 Å². The molecule has 2 fully saturated rings. The van der Waals surface area contributed by atoms with E-state index in [9.17, 15) is 0 Å². The standard InChI is InChI=1S/C13H19BrN2S.2ClH/c14-11-8-13(17-9-11)12(7-10-1-2-10)16-5-3-15-4-6-16;;/h8-10,12,15H,1-7H2;2*1H/t12-;;/m0../s1. The summed E-state index contributed by atoms with van der Waals surface area (Å²) in [7, 11) is 0. The maximum Gasteiger partial charge on any atom is 0.0445 e. The zero-order valence-electron chi connectivity index (χ0n) is 10.8. The number of hydrogen-bond acceptors (Lipinski definition) is 3. The van der Waals surface area contributed by atoms with Gasteiger partial charge in [-0.3, -0.25) is 4.90 Å². The Morgan fingerprint density at radius 3 is 2.53 bits per heavy atom. The molecule has 0 unspecified atom stereocenters. The molecule has 1 N–H and O–H groups in total. The SMILES string of the molecule is Brc1csc([C@H](CC2CC2)N2CCNCC2)c1.Cl.Cl. The van der Waals surface area contributed by atoms with Crippen LogP contribution in [0.25, 0.3) is 0 Å². The first-order chi connectivity index (χ1) is 8.33. The molecule has 1 aromatic heterocycles. The van der Waals surface area contributed by atoms with E-state index < -0.39 is 0 Å². The number of nitrogens with one attached hydrogen (secondary N) is 1. The summed E-state index contributed by atoms with van der Waals surface area (Å²) in [4.78, 5) is 4.22. The summed E-state index contributed by atoms with van der Waals surface area (Å²) in [6.45, 7) is 4.70. The Hall–Kier alpha value is 0.680. The minimum absolute atomic E-state index is 0. The number of halogens is 3. The van der Waals surface area contributed by atoms with Gasteiger partial charge in [-0.05, 0) is 34.3 Å². The van der Waals surface area contributed by atoms with Crippen molar-refractivity contribution in [2.24, 2.45) is 5.92 Å². The van der Waals surface area contributed by atoms with Crippen LogP contribution in [-0.2, 0) is 0 Å². The normalized spacial score (nSPS) is 21.3. The first-order valence-corrected chi connectivity index (χ1v) is 8.19. The minimum Gasteiger partial charge on any atom is -0.314 e. The molecule has 1 atom stereocenters. The topological polar surface area (TPSA) is 15.3 Å². The lowest BCUT2D eigenvalue weighted by atomic mass is 10.1. The minimum atomic E-state index is 0. The fraction of sp³-hybridized carbons (Fsp3) is 0.692. The number of hydrogen-bond donors (Lipinski definition) is 1. The van der Waals surface area contributed by atoms with Gasteiger partial charge >= 0.3 is 0 Å². The molecule has 1 saturated carbocycles. The third kappa shape index (κ3) is 4.87. The van der Waals surface area contributed by atoms with Crippen molar-refractivity contribution in [2.45, 2.75) is 25.3 Å². The highest BCUT2D eigenvalue weighted by molar-refractivity contribution is 9.10. The van der Waals surface area contributed by atoms with Crippen LogP contribution in [0.15, 0.2) is 15.9 Å². The van der Waals surface area contributed by atoms with E-state index in [1.165, 1.54) is 36.8 Å². The van der Waals surface area contributed by atoms with E-state index >= 15 is 0 Å². The highest BCUT2D eigenvalue weighted by atomic mass is 79.9. The molecule has 1 aliphatic carbocycles. The molecule has 1 aliphatic heterocycles. The average molecular weight is 388 g/mol. The number of piperazine rings is 1. The highest BCUT2D eigenvalue weighted by Crippen LogP contribution is 2.42. The van der Waals surface area contributed by atoms with Gasteiger partial charge in [0.05, 0.1) is 0 Å². The maximum absolute atomic E-state index is 3.59. The Balaban J connectivity index is 0.000000902. The Morgan fingerprint density at radius 1 is 1.32 bits per heavy atom.